The average Bonchev–Trinajstić information content (AvgIpc) is 2.66. The maximum absolute atomic E-state index is 4.75. The summed E-state index contributed by atoms with van der Waals surface area (Å²) in [7, 11) is 5.77. The predicted molar refractivity (Wildman–Crippen MR) is 117 cm³/mol. The molecule has 0 amide bonds. The SMILES string of the molecule is C=C/C(=C\N(C)C)c1cccc(-c2ncc(C(/C=N\C)=C/CC)c(C)n2)c1. The molecule has 0 saturated carbocycles. The lowest BCUT2D eigenvalue weighted by atomic mass is 10.0. The highest BCUT2D eigenvalue weighted by atomic mass is 15.0. The molecule has 4 nitrogen and oxygen atoms in total. The fraction of sp³-hybridized carbons (Fsp3) is 0.261. The molecule has 140 valence electrons. The molecule has 2 rings (SSSR count). The zero-order valence-corrected chi connectivity index (χ0v) is 16.9. The van der Waals surface area contributed by atoms with E-state index in [1.54, 1.807) is 7.05 Å². The quantitative estimate of drug-likeness (QED) is 0.513. The molecular formula is C23H28N4. The number of nitrogens with zero attached hydrogens (tertiary/aromatic N) is 4. The smallest absolute Gasteiger partial charge is 0.159 e. The van der Waals surface area contributed by atoms with E-state index in [1.807, 2.05) is 62.7 Å². The normalized spacial score (nSPS) is 12.5. The summed E-state index contributed by atoms with van der Waals surface area (Å²) >= 11 is 0. The van der Waals surface area contributed by atoms with Gasteiger partial charge in [-0.2, -0.15) is 0 Å². The molecule has 0 aliphatic rings. The van der Waals surface area contributed by atoms with Crippen molar-refractivity contribution in [3.05, 3.63) is 72.2 Å². The van der Waals surface area contributed by atoms with Crippen molar-refractivity contribution < 1.29 is 0 Å². The summed E-state index contributed by atoms with van der Waals surface area (Å²) in [4.78, 5) is 15.5. The van der Waals surface area contributed by atoms with Gasteiger partial charge in [-0.1, -0.05) is 43.9 Å². The van der Waals surface area contributed by atoms with Crippen molar-refractivity contribution in [1.82, 2.24) is 14.9 Å². The van der Waals surface area contributed by atoms with Gasteiger partial charge in [-0.25, -0.2) is 9.97 Å². The molecule has 4 heteroatoms. The monoisotopic (exact) mass is 360 g/mol. The summed E-state index contributed by atoms with van der Waals surface area (Å²) in [6.07, 6.45) is 10.7. The molecule has 27 heavy (non-hydrogen) atoms. The van der Waals surface area contributed by atoms with Gasteiger partial charge in [-0.05, 0) is 36.1 Å². The molecular weight excluding hydrogens is 332 g/mol. The molecule has 2 aromatic rings. The zero-order valence-electron chi connectivity index (χ0n) is 16.9. The van der Waals surface area contributed by atoms with Gasteiger partial charge < -0.3 is 4.90 Å². The first-order valence-corrected chi connectivity index (χ1v) is 9.08. The van der Waals surface area contributed by atoms with E-state index in [-0.39, 0.29) is 0 Å². The van der Waals surface area contributed by atoms with Gasteiger partial charge in [-0.3, -0.25) is 4.99 Å². The molecule has 0 unspecified atom stereocenters. The van der Waals surface area contributed by atoms with Crippen molar-refractivity contribution in [3.63, 3.8) is 0 Å². The number of aryl methyl sites for hydroxylation is 1. The minimum absolute atomic E-state index is 0.718. The van der Waals surface area contributed by atoms with Crippen LogP contribution in [0.3, 0.4) is 0 Å². The average molecular weight is 361 g/mol. The second-order valence-corrected chi connectivity index (χ2v) is 6.48. The van der Waals surface area contributed by atoms with Gasteiger partial charge >= 0.3 is 0 Å². The van der Waals surface area contributed by atoms with Crippen molar-refractivity contribution in [2.75, 3.05) is 21.1 Å². The van der Waals surface area contributed by atoms with Crippen molar-refractivity contribution >= 4 is 17.4 Å². The molecule has 1 aromatic heterocycles. The Morgan fingerprint density at radius 2 is 2.04 bits per heavy atom. The molecule has 0 bridgehead atoms. The van der Waals surface area contributed by atoms with Crippen LogP contribution < -0.4 is 0 Å². The summed E-state index contributed by atoms with van der Waals surface area (Å²) in [5, 5.41) is 0. The highest BCUT2D eigenvalue weighted by molar-refractivity contribution is 6.10. The van der Waals surface area contributed by atoms with Crippen LogP contribution >= 0.6 is 0 Å². The van der Waals surface area contributed by atoms with Crippen LogP contribution in [0.2, 0.25) is 0 Å². The summed E-state index contributed by atoms with van der Waals surface area (Å²) < 4.78 is 0. The largest absolute Gasteiger partial charge is 0.383 e. The number of aromatic nitrogens is 2. The summed E-state index contributed by atoms with van der Waals surface area (Å²) in [6, 6.07) is 8.23. The molecule has 0 aliphatic heterocycles. The number of aliphatic imine (C=N–C) groups is 1. The zero-order chi connectivity index (χ0) is 19.8. The van der Waals surface area contributed by atoms with E-state index in [9.17, 15) is 0 Å². The van der Waals surface area contributed by atoms with Gasteiger partial charge in [0, 0.05) is 56.6 Å². The van der Waals surface area contributed by atoms with Crippen molar-refractivity contribution in [2.24, 2.45) is 4.99 Å². The van der Waals surface area contributed by atoms with Crippen LogP contribution in [-0.4, -0.2) is 42.2 Å². The van der Waals surface area contributed by atoms with E-state index in [0.29, 0.717) is 0 Å². The third kappa shape index (κ3) is 5.23. The molecule has 0 aliphatic carbocycles. The van der Waals surface area contributed by atoms with E-state index in [2.05, 4.69) is 41.7 Å². The lowest BCUT2D eigenvalue weighted by molar-refractivity contribution is 0.566. The standard InChI is InChI=1S/C23H28N4/c1-7-10-21(14-24-4)22-15-25-23(26-17(22)3)20-12-9-11-19(13-20)18(8-2)16-27(5)6/h8-16H,2,7H2,1,3-6H3/b18-16+,21-10+,24-14-. The Balaban J connectivity index is 2.45. The molecule has 1 aromatic carbocycles. The highest BCUT2D eigenvalue weighted by Gasteiger charge is 2.09. The molecule has 0 N–H and O–H groups in total. The lowest BCUT2D eigenvalue weighted by Crippen LogP contribution is -2.02. The topological polar surface area (TPSA) is 41.4 Å². The lowest BCUT2D eigenvalue weighted by Gasteiger charge is -2.11. The predicted octanol–water partition coefficient (Wildman–Crippen LogP) is 5.03. The minimum Gasteiger partial charge on any atom is -0.383 e. The Morgan fingerprint density at radius 1 is 1.26 bits per heavy atom. The van der Waals surface area contributed by atoms with Crippen LogP contribution in [0.15, 0.2) is 60.4 Å². The summed E-state index contributed by atoms with van der Waals surface area (Å²) in [5.74, 6) is 0.718. The van der Waals surface area contributed by atoms with Gasteiger partial charge in [0.25, 0.3) is 0 Å². The molecule has 0 spiro atoms. The molecule has 0 atom stereocenters. The van der Waals surface area contributed by atoms with Crippen molar-refractivity contribution in [1.29, 1.82) is 0 Å². The number of hydrogen-bond donors (Lipinski definition) is 0. The van der Waals surface area contributed by atoms with Crippen LogP contribution in [-0.2, 0) is 0 Å². The third-order valence-electron chi connectivity index (χ3n) is 4.05. The van der Waals surface area contributed by atoms with Gasteiger partial charge in [-0.15, -0.1) is 0 Å². The molecule has 0 fully saturated rings. The molecule has 0 saturated heterocycles. The second-order valence-electron chi connectivity index (χ2n) is 6.48. The number of hydrogen-bond acceptors (Lipinski definition) is 4. The molecule has 0 radical (unpaired) electrons. The van der Waals surface area contributed by atoms with Crippen LogP contribution in [0.5, 0.6) is 0 Å². The number of rotatable bonds is 7. The van der Waals surface area contributed by atoms with E-state index in [0.717, 1.165) is 45.8 Å². The van der Waals surface area contributed by atoms with E-state index in [4.69, 9.17) is 4.98 Å². The maximum atomic E-state index is 4.75. The highest BCUT2D eigenvalue weighted by Crippen LogP contribution is 2.24. The van der Waals surface area contributed by atoms with Crippen LogP contribution in [0, 0.1) is 6.92 Å². The van der Waals surface area contributed by atoms with Crippen LogP contribution in [0.25, 0.3) is 22.5 Å². The first kappa shape index (κ1) is 20.3. The van der Waals surface area contributed by atoms with E-state index >= 15 is 0 Å². The first-order chi connectivity index (χ1) is 13.0. The number of benzene rings is 1. The summed E-state index contributed by atoms with van der Waals surface area (Å²) in [6.45, 7) is 8.05. The Hall–Kier alpha value is -3.01. The van der Waals surface area contributed by atoms with Crippen LogP contribution in [0.1, 0.15) is 30.2 Å². The van der Waals surface area contributed by atoms with E-state index in [1.165, 1.54) is 0 Å². The Morgan fingerprint density at radius 3 is 2.63 bits per heavy atom. The van der Waals surface area contributed by atoms with E-state index < -0.39 is 0 Å². The van der Waals surface area contributed by atoms with Crippen molar-refractivity contribution in [2.45, 2.75) is 20.3 Å². The minimum atomic E-state index is 0.718. The Labute approximate surface area is 162 Å². The van der Waals surface area contributed by atoms with Gasteiger partial charge in [0.1, 0.15) is 0 Å². The van der Waals surface area contributed by atoms with Crippen LogP contribution in [0.4, 0.5) is 0 Å². The first-order valence-electron chi connectivity index (χ1n) is 9.08. The van der Waals surface area contributed by atoms with Gasteiger partial charge in [0.05, 0.1) is 0 Å². The summed E-state index contributed by atoms with van der Waals surface area (Å²) in [5.41, 5.74) is 6.15. The molecule has 1 heterocycles. The Kier molecular flexibility index (Phi) is 7.24. The second kappa shape index (κ2) is 9.62. The fourth-order valence-electron chi connectivity index (χ4n) is 2.84. The fourth-order valence-corrected chi connectivity index (χ4v) is 2.84. The van der Waals surface area contributed by atoms with Crippen molar-refractivity contribution in [3.8, 4) is 11.4 Å². The Bertz CT molecular complexity index is 889. The maximum Gasteiger partial charge on any atom is 0.159 e. The van der Waals surface area contributed by atoms with Gasteiger partial charge in [0.2, 0.25) is 0 Å². The van der Waals surface area contributed by atoms with Gasteiger partial charge in [0.15, 0.2) is 5.82 Å². The number of allylic oxidation sites excluding steroid dienone is 4. The third-order valence-corrected chi connectivity index (χ3v) is 4.05.